The monoisotopic (exact) mass is 252 g/mol. The Morgan fingerprint density at radius 2 is 1.56 bits per heavy atom. The van der Waals surface area contributed by atoms with E-state index in [1.165, 1.54) is 0 Å². The summed E-state index contributed by atoms with van der Waals surface area (Å²) in [6.07, 6.45) is -0.151. The average Bonchev–Trinajstić information content (AvgIpc) is 2.21. The summed E-state index contributed by atoms with van der Waals surface area (Å²) < 4.78 is 11.3. The Morgan fingerprint density at radius 3 is 2.00 bits per heavy atom. The highest BCUT2D eigenvalue weighted by molar-refractivity contribution is 5.92. The molecular formula is C14H20O4. The molecule has 0 amide bonds. The second-order valence-corrected chi connectivity index (χ2v) is 4.73. The molecule has 1 aromatic carbocycles. The molecule has 0 spiro atoms. The Balaban J connectivity index is 3.34. The van der Waals surface area contributed by atoms with Crippen molar-refractivity contribution in [2.45, 2.75) is 46.8 Å². The maximum Gasteiger partial charge on any atom is 0.339 e. The third kappa shape index (κ3) is 3.39. The highest BCUT2D eigenvalue weighted by Crippen LogP contribution is 2.36. The summed E-state index contributed by atoms with van der Waals surface area (Å²) in [6, 6.07) is 3.27. The van der Waals surface area contributed by atoms with Gasteiger partial charge in [-0.1, -0.05) is 6.07 Å². The van der Waals surface area contributed by atoms with Gasteiger partial charge >= 0.3 is 5.97 Å². The third-order valence-corrected chi connectivity index (χ3v) is 2.25. The quantitative estimate of drug-likeness (QED) is 0.873. The van der Waals surface area contributed by atoms with Gasteiger partial charge in [0, 0.05) is 0 Å². The Labute approximate surface area is 108 Å². The van der Waals surface area contributed by atoms with Gasteiger partial charge in [0.05, 0.1) is 12.2 Å². The van der Waals surface area contributed by atoms with E-state index >= 15 is 0 Å². The minimum atomic E-state index is -1.01. The molecule has 1 N–H and O–H groups in total. The average molecular weight is 252 g/mol. The van der Waals surface area contributed by atoms with Gasteiger partial charge in [-0.15, -0.1) is 0 Å². The largest absolute Gasteiger partial charge is 0.487 e. The van der Waals surface area contributed by atoms with Crippen molar-refractivity contribution in [1.29, 1.82) is 0 Å². The van der Waals surface area contributed by atoms with Gasteiger partial charge in [0.2, 0.25) is 0 Å². The number of carboxylic acid groups (broad SMARTS) is 1. The van der Waals surface area contributed by atoms with Crippen LogP contribution in [0.1, 0.15) is 43.6 Å². The van der Waals surface area contributed by atoms with E-state index in [9.17, 15) is 9.90 Å². The molecule has 0 fully saturated rings. The number of hydrogen-bond acceptors (Lipinski definition) is 3. The van der Waals surface area contributed by atoms with Gasteiger partial charge in [-0.2, -0.15) is 0 Å². The van der Waals surface area contributed by atoms with Gasteiger partial charge in [-0.3, -0.25) is 0 Å². The molecule has 4 heteroatoms. The van der Waals surface area contributed by atoms with E-state index in [0.29, 0.717) is 11.5 Å². The van der Waals surface area contributed by atoms with Gasteiger partial charge in [0.1, 0.15) is 5.56 Å². The normalized spacial score (nSPS) is 10.8. The number of rotatable bonds is 5. The van der Waals surface area contributed by atoms with Gasteiger partial charge in [0.25, 0.3) is 0 Å². The summed E-state index contributed by atoms with van der Waals surface area (Å²) in [5.74, 6) is -0.191. The Kier molecular flexibility index (Phi) is 4.59. The molecule has 0 aliphatic rings. The summed E-state index contributed by atoms with van der Waals surface area (Å²) in [4.78, 5) is 11.2. The van der Waals surface area contributed by atoms with Crippen LogP contribution in [0.5, 0.6) is 11.5 Å². The van der Waals surface area contributed by atoms with E-state index in [1.807, 2.05) is 34.6 Å². The lowest BCUT2D eigenvalue weighted by molar-refractivity contribution is 0.0688. The van der Waals surface area contributed by atoms with Crippen LogP contribution in [-0.2, 0) is 0 Å². The zero-order valence-electron chi connectivity index (χ0n) is 11.5. The van der Waals surface area contributed by atoms with Crippen LogP contribution in [0.4, 0.5) is 0 Å². The summed E-state index contributed by atoms with van der Waals surface area (Å²) >= 11 is 0. The number of aromatic carboxylic acids is 1. The van der Waals surface area contributed by atoms with Crippen molar-refractivity contribution in [2.75, 3.05) is 0 Å². The first-order chi connectivity index (χ1) is 8.32. The standard InChI is InChI=1S/C14H20O4/c1-8(2)17-12-10(5)6-7-11(14(15)16)13(12)18-9(3)4/h6-9H,1-5H3,(H,15,16). The molecule has 0 heterocycles. The smallest absolute Gasteiger partial charge is 0.339 e. The molecule has 0 radical (unpaired) electrons. The van der Waals surface area contributed by atoms with E-state index in [2.05, 4.69) is 0 Å². The molecule has 4 nitrogen and oxygen atoms in total. The molecule has 100 valence electrons. The summed E-state index contributed by atoms with van der Waals surface area (Å²) in [5, 5.41) is 9.19. The number of benzene rings is 1. The maximum absolute atomic E-state index is 11.2. The lowest BCUT2D eigenvalue weighted by Crippen LogP contribution is -2.14. The highest BCUT2D eigenvalue weighted by Gasteiger charge is 2.20. The van der Waals surface area contributed by atoms with Gasteiger partial charge < -0.3 is 14.6 Å². The lowest BCUT2D eigenvalue weighted by Gasteiger charge is -2.20. The van der Waals surface area contributed by atoms with E-state index in [0.717, 1.165) is 5.56 Å². The van der Waals surface area contributed by atoms with Crippen LogP contribution in [0.25, 0.3) is 0 Å². The second-order valence-electron chi connectivity index (χ2n) is 4.73. The molecule has 0 aromatic heterocycles. The van der Waals surface area contributed by atoms with Gasteiger partial charge in [0.15, 0.2) is 11.5 Å². The topological polar surface area (TPSA) is 55.8 Å². The Hall–Kier alpha value is -1.71. The van der Waals surface area contributed by atoms with Gasteiger partial charge in [-0.25, -0.2) is 4.79 Å². The van der Waals surface area contributed by atoms with Crippen LogP contribution in [0.15, 0.2) is 12.1 Å². The number of ether oxygens (including phenoxy) is 2. The number of hydrogen-bond donors (Lipinski definition) is 1. The minimum absolute atomic E-state index is 0.0396. The molecule has 0 unspecified atom stereocenters. The third-order valence-electron chi connectivity index (χ3n) is 2.25. The SMILES string of the molecule is Cc1ccc(C(=O)O)c(OC(C)C)c1OC(C)C. The van der Waals surface area contributed by atoms with Crippen LogP contribution < -0.4 is 9.47 Å². The molecule has 0 atom stereocenters. The predicted molar refractivity (Wildman–Crippen MR) is 69.7 cm³/mol. The zero-order valence-corrected chi connectivity index (χ0v) is 11.5. The fourth-order valence-electron chi connectivity index (χ4n) is 1.56. The Bertz CT molecular complexity index is 436. The van der Waals surface area contributed by atoms with Crippen molar-refractivity contribution < 1.29 is 19.4 Å². The first kappa shape index (κ1) is 14.4. The minimum Gasteiger partial charge on any atom is -0.487 e. The van der Waals surface area contributed by atoms with E-state index in [1.54, 1.807) is 12.1 Å². The van der Waals surface area contributed by atoms with Crippen molar-refractivity contribution in [3.63, 3.8) is 0 Å². The molecule has 0 bridgehead atoms. The predicted octanol–water partition coefficient (Wildman–Crippen LogP) is 3.27. The van der Waals surface area contributed by atoms with Crippen molar-refractivity contribution in [3.05, 3.63) is 23.3 Å². The van der Waals surface area contributed by atoms with Crippen LogP contribution in [-0.4, -0.2) is 23.3 Å². The van der Waals surface area contributed by atoms with Crippen LogP contribution in [0.2, 0.25) is 0 Å². The van der Waals surface area contributed by atoms with Crippen molar-refractivity contribution >= 4 is 5.97 Å². The van der Waals surface area contributed by atoms with Crippen molar-refractivity contribution in [3.8, 4) is 11.5 Å². The molecule has 18 heavy (non-hydrogen) atoms. The molecule has 0 saturated heterocycles. The molecule has 0 aliphatic carbocycles. The molecule has 0 aliphatic heterocycles. The van der Waals surface area contributed by atoms with Crippen LogP contribution in [0, 0.1) is 6.92 Å². The summed E-state index contributed by atoms with van der Waals surface area (Å²) in [6.45, 7) is 9.37. The second kappa shape index (κ2) is 5.76. The molecule has 1 aromatic rings. The number of carbonyl (C=O) groups is 1. The molecular weight excluding hydrogens is 232 g/mol. The Morgan fingerprint density at radius 1 is 1.06 bits per heavy atom. The van der Waals surface area contributed by atoms with E-state index < -0.39 is 5.97 Å². The molecule has 0 saturated carbocycles. The van der Waals surface area contributed by atoms with E-state index in [4.69, 9.17) is 9.47 Å². The lowest BCUT2D eigenvalue weighted by atomic mass is 10.1. The maximum atomic E-state index is 11.2. The summed E-state index contributed by atoms with van der Waals surface area (Å²) in [5.41, 5.74) is 0.995. The molecule has 1 rings (SSSR count). The fourth-order valence-corrected chi connectivity index (χ4v) is 1.56. The van der Waals surface area contributed by atoms with Gasteiger partial charge in [-0.05, 0) is 46.2 Å². The van der Waals surface area contributed by atoms with Crippen molar-refractivity contribution in [2.24, 2.45) is 0 Å². The summed E-state index contributed by atoms with van der Waals surface area (Å²) in [7, 11) is 0. The number of aryl methyl sites for hydroxylation is 1. The first-order valence-electron chi connectivity index (χ1n) is 6.03. The fraction of sp³-hybridized carbons (Fsp3) is 0.500. The van der Waals surface area contributed by atoms with Crippen LogP contribution in [0.3, 0.4) is 0 Å². The highest BCUT2D eigenvalue weighted by atomic mass is 16.5. The van der Waals surface area contributed by atoms with Crippen molar-refractivity contribution in [1.82, 2.24) is 0 Å². The number of carboxylic acids is 1. The first-order valence-corrected chi connectivity index (χ1v) is 6.03. The zero-order chi connectivity index (χ0) is 13.9. The van der Waals surface area contributed by atoms with E-state index in [-0.39, 0.29) is 17.8 Å². The van der Waals surface area contributed by atoms with Crippen LogP contribution >= 0.6 is 0 Å².